The summed E-state index contributed by atoms with van der Waals surface area (Å²) in [5.74, 6) is 0. The van der Waals surface area contributed by atoms with Gasteiger partial charge in [0.2, 0.25) is 0 Å². The molecule has 0 aromatic rings. The van der Waals surface area contributed by atoms with E-state index in [0.717, 1.165) is 6.61 Å². The molecule has 0 saturated carbocycles. The van der Waals surface area contributed by atoms with Gasteiger partial charge in [-0.15, -0.1) is 6.58 Å². The Hall–Kier alpha value is 0.430. The summed E-state index contributed by atoms with van der Waals surface area (Å²) in [6, 6.07) is 0. The molecule has 0 unspecified atom stereocenters. The van der Waals surface area contributed by atoms with Crippen LogP contribution in [0.5, 0.6) is 0 Å². The van der Waals surface area contributed by atoms with Gasteiger partial charge in [0.15, 0.2) is 0 Å². The van der Waals surface area contributed by atoms with Gasteiger partial charge in [-0.1, -0.05) is 28.7 Å². The third kappa shape index (κ3) is 8.43. The highest BCUT2D eigenvalue weighted by Crippen LogP contribution is 2.15. The van der Waals surface area contributed by atoms with Crippen LogP contribution in [0.2, 0.25) is 0 Å². The smallest absolute Gasteiger partial charge is 0.0645 e. The number of ether oxygens (including phenoxy) is 1. The first-order chi connectivity index (χ1) is 4.06. The summed E-state index contributed by atoms with van der Waals surface area (Å²) in [7, 11) is 0. The summed E-state index contributed by atoms with van der Waals surface area (Å²) >= 11 is 2.36. The molecule has 0 bridgehead atoms. The maximum absolute atomic E-state index is 5.22. The van der Waals surface area contributed by atoms with Gasteiger partial charge in [-0.2, -0.15) is 0 Å². The molecule has 0 heterocycles. The highest BCUT2D eigenvalue weighted by Gasteiger charge is 2.10. The Bertz CT molecular complexity index is 83.4. The Morgan fingerprint density at radius 1 is 1.67 bits per heavy atom. The molecule has 0 aromatic carbocycles. The van der Waals surface area contributed by atoms with Crippen molar-refractivity contribution in [3.05, 3.63) is 12.7 Å². The molecule has 0 spiro atoms. The molecule has 2 heteroatoms. The summed E-state index contributed by atoms with van der Waals surface area (Å²) in [5.41, 5.74) is 0. The summed E-state index contributed by atoms with van der Waals surface area (Å²) in [4.78, 5) is 0. The fourth-order valence-electron chi connectivity index (χ4n) is 0.385. The summed E-state index contributed by atoms with van der Waals surface area (Å²) in [6.45, 7) is 9.27. The molecule has 1 nitrogen and oxygen atoms in total. The lowest BCUT2D eigenvalue weighted by Gasteiger charge is -2.14. The van der Waals surface area contributed by atoms with Crippen molar-refractivity contribution in [1.29, 1.82) is 0 Å². The molecular weight excluding hydrogens is 227 g/mol. The second-order valence-electron chi connectivity index (χ2n) is 2.52. The van der Waals surface area contributed by atoms with Gasteiger partial charge in [0.25, 0.3) is 0 Å². The van der Waals surface area contributed by atoms with E-state index in [1.807, 2.05) is 0 Å². The van der Waals surface area contributed by atoms with Crippen LogP contribution in [0.25, 0.3) is 0 Å². The minimum absolute atomic E-state index is 0.251. The van der Waals surface area contributed by atoms with E-state index < -0.39 is 0 Å². The van der Waals surface area contributed by atoms with Gasteiger partial charge in [0.05, 0.1) is 13.2 Å². The summed E-state index contributed by atoms with van der Waals surface area (Å²) < 4.78 is 5.47. The van der Waals surface area contributed by atoms with Gasteiger partial charge in [-0.3, -0.25) is 0 Å². The third-order valence-corrected chi connectivity index (χ3v) is 0.992. The van der Waals surface area contributed by atoms with Crippen LogP contribution < -0.4 is 0 Å². The van der Waals surface area contributed by atoms with Crippen molar-refractivity contribution >= 4 is 22.6 Å². The first-order valence-corrected chi connectivity index (χ1v) is 4.02. The zero-order valence-electron chi connectivity index (χ0n) is 5.98. The first kappa shape index (κ1) is 9.43. The van der Waals surface area contributed by atoms with Crippen molar-refractivity contribution < 1.29 is 4.74 Å². The first-order valence-electron chi connectivity index (χ1n) is 2.94. The lowest BCUT2D eigenvalue weighted by Crippen LogP contribution is -2.17. The minimum Gasteiger partial charge on any atom is -0.376 e. The van der Waals surface area contributed by atoms with Crippen LogP contribution in [0.15, 0.2) is 12.7 Å². The van der Waals surface area contributed by atoms with Gasteiger partial charge in [0, 0.05) is 3.42 Å². The molecule has 0 aromatic heterocycles. The van der Waals surface area contributed by atoms with Crippen LogP contribution in [0, 0.1) is 0 Å². The predicted octanol–water partition coefficient (Wildman–Crippen LogP) is 2.40. The number of alkyl halides is 1. The van der Waals surface area contributed by atoms with Crippen LogP contribution in [-0.2, 0) is 4.74 Å². The van der Waals surface area contributed by atoms with E-state index in [1.165, 1.54) is 0 Å². The van der Waals surface area contributed by atoms with E-state index in [-0.39, 0.29) is 3.42 Å². The van der Waals surface area contributed by atoms with E-state index in [4.69, 9.17) is 4.74 Å². The van der Waals surface area contributed by atoms with Crippen LogP contribution in [0.1, 0.15) is 13.8 Å². The van der Waals surface area contributed by atoms with E-state index in [9.17, 15) is 0 Å². The van der Waals surface area contributed by atoms with Crippen molar-refractivity contribution in [2.45, 2.75) is 17.3 Å². The Labute approximate surface area is 70.6 Å². The molecule has 0 fully saturated rings. The second-order valence-corrected chi connectivity index (χ2v) is 5.44. The van der Waals surface area contributed by atoms with Gasteiger partial charge in [-0.05, 0) is 13.8 Å². The van der Waals surface area contributed by atoms with E-state index in [0.29, 0.717) is 6.61 Å². The highest BCUT2D eigenvalue weighted by molar-refractivity contribution is 14.1. The lowest BCUT2D eigenvalue weighted by molar-refractivity contribution is 0.150. The maximum Gasteiger partial charge on any atom is 0.0645 e. The summed E-state index contributed by atoms with van der Waals surface area (Å²) in [6.07, 6.45) is 1.77. The van der Waals surface area contributed by atoms with Crippen LogP contribution in [-0.4, -0.2) is 16.6 Å². The van der Waals surface area contributed by atoms with Gasteiger partial charge in [-0.25, -0.2) is 0 Å². The zero-order valence-corrected chi connectivity index (χ0v) is 8.14. The molecule has 0 aliphatic carbocycles. The minimum atomic E-state index is 0.251. The molecular formula is C7H13IO. The lowest BCUT2D eigenvalue weighted by atomic mass is 10.2. The standard InChI is InChI=1S/C7H13IO/c1-4-5-9-6-7(2,3)8/h4H,1,5-6H2,2-3H3. The predicted molar refractivity (Wildman–Crippen MR) is 49.1 cm³/mol. The Balaban J connectivity index is 3.17. The van der Waals surface area contributed by atoms with Crippen LogP contribution in [0.4, 0.5) is 0 Å². The molecule has 0 amide bonds. The number of hydrogen-bond acceptors (Lipinski definition) is 1. The van der Waals surface area contributed by atoms with Crippen molar-refractivity contribution in [1.82, 2.24) is 0 Å². The SMILES string of the molecule is C=CCOCC(C)(C)I. The largest absolute Gasteiger partial charge is 0.376 e. The Morgan fingerprint density at radius 2 is 2.22 bits per heavy atom. The van der Waals surface area contributed by atoms with Gasteiger partial charge >= 0.3 is 0 Å². The van der Waals surface area contributed by atoms with E-state index in [2.05, 4.69) is 43.0 Å². The summed E-state index contributed by atoms with van der Waals surface area (Å²) in [5, 5.41) is 0. The van der Waals surface area contributed by atoms with E-state index >= 15 is 0 Å². The monoisotopic (exact) mass is 240 g/mol. The molecule has 0 aliphatic heterocycles. The van der Waals surface area contributed by atoms with Crippen molar-refractivity contribution in [3.8, 4) is 0 Å². The number of halogens is 1. The van der Waals surface area contributed by atoms with E-state index in [1.54, 1.807) is 6.08 Å². The molecule has 0 aliphatic rings. The molecule has 0 N–H and O–H groups in total. The Kier molecular flexibility index (Phi) is 4.48. The Morgan fingerprint density at radius 3 is 2.56 bits per heavy atom. The molecule has 0 saturated heterocycles. The highest BCUT2D eigenvalue weighted by atomic mass is 127. The topological polar surface area (TPSA) is 9.23 Å². The van der Waals surface area contributed by atoms with Gasteiger partial charge in [0.1, 0.15) is 0 Å². The zero-order chi connectivity index (χ0) is 7.33. The van der Waals surface area contributed by atoms with Crippen LogP contribution >= 0.6 is 22.6 Å². The average molecular weight is 240 g/mol. The molecule has 54 valence electrons. The van der Waals surface area contributed by atoms with Crippen molar-refractivity contribution in [3.63, 3.8) is 0 Å². The maximum atomic E-state index is 5.22. The third-order valence-electron chi connectivity index (χ3n) is 0.681. The fourth-order valence-corrected chi connectivity index (χ4v) is 0.605. The van der Waals surface area contributed by atoms with Gasteiger partial charge < -0.3 is 4.74 Å². The molecule has 9 heavy (non-hydrogen) atoms. The molecule has 0 radical (unpaired) electrons. The van der Waals surface area contributed by atoms with Crippen molar-refractivity contribution in [2.75, 3.05) is 13.2 Å². The molecule has 0 rings (SSSR count). The normalized spacial score (nSPS) is 11.4. The van der Waals surface area contributed by atoms with Crippen molar-refractivity contribution in [2.24, 2.45) is 0 Å². The quantitative estimate of drug-likeness (QED) is 0.317. The number of hydrogen-bond donors (Lipinski definition) is 0. The van der Waals surface area contributed by atoms with Crippen LogP contribution in [0.3, 0.4) is 0 Å². The fraction of sp³-hybridized carbons (Fsp3) is 0.714. The molecule has 0 atom stereocenters. The average Bonchev–Trinajstić information content (AvgIpc) is 1.63. The second kappa shape index (κ2) is 4.28. The number of rotatable bonds is 4.